The van der Waals surface area contributed by atoms with Gasteiger partial charge in [-0.15, -0.1) is 0 Å². The number of amides is 1. The van der Waals surface area contributed by atoms with Crippen LogP contribution in [0, 0.1) is 13.8 Å². The van der Waals surface area contributed by atoms with Gasteiger partial charge in [0, 0.05) is 36.8 Å². The topological polar surface area (TPSA) is 80.3 Å². The summed E-state index contributed by atoms with van der Waals surface area (Å²) in [5, 5.41) is 13.4. The Bertz CT molecular complexity index is 698. The molecular formula is C18H27N3O3. The second kappa shape index (κ2) is 7.21. The molecule has 0 fully saturated rings. The Morgan fingerprint density at radius 3 is 2.75 bits per heavy atom. The van der Waals surface area contributed by atoms with Gasteiger partial charge in [0.25, 0.3) is 0 Å². The molecular weight excluding hydrogens is 306 g/mol. The summed E-state index contributed by atoms with van der Waals surface area (Å²) in [4.78, 5) is 16.4. The number of carbonyl (C=O) groups excluding carboxylic acids is 1. The van der Waals surface area contributed by atoms with Gasteiger partial charge in [-0.2, -0.15) is 0 Å². The van der Waals surface area contributed by atoms with E-state index in [9.17, 15) is 9.90 Å². The predicted octanol–water partition coefficient (Wildman–Crippen LogP) is 2.63. The number of aryl methyl sites for hydroxylation is 3. The minimum absolute atomic E-state index is 0.100. The van der Waals surface area contributed by atoms with Crippen LogP contribution in [0.15, 0.2) is 22.9 Å². The summed E-state index contributed by atoms with van der Waals surface area (Å²) in [5.74, 6) is 2.61. The van der Waals surface area contributed by atoms with E-state index < -0.39 is 5.60 Å². The van der Waals surface area contributed by atoms with Crippen molar-refractivity contribution in [3.05, 3.63) is 41.4 Å². The molecule has 0 saturated carbocycles. The van der Waals surface area contributed by atoms with Crippen molar-refractivity contribution in [2.24, 2.45) is 0 Å². The number of nitrogens with one attached hydrogen (secondary N) is 1. The summed E-state index contributed by atoms with van der Waals surface area (Å²) in [7, 11) is 0. The van der Waals surface area contributed by atoms with Crippen molar-refractivity contribution in [3.8, 4) is 0 Å². The molecule has 0 aromatic carbocycles. The maximum Gasteiger partial charge on any atom is 0.221 e. The molecule has 24 heavy (non-hydrogen) atoms. The minimum atomic E-state index is -1.16. The molecule has 0 radical (unpaired) electrons. The number of rotatable bonds is 7. The van der Waals surface area contributed by atoms with Crippen molar-refractivity contribution in [2.75, 3.05) is 6.54 Å². The Kier molecular flexibility index (Phi) is 5.49. The van der Waals surface area contributed by atoms with E-state index in [4.69, 9.17) is 4.42 Å². The number of imidazole rings is 1. The van der Waals surface area contributed by atoms with Gasteiger partial charge in [-0.05, 0) is 26.8 Å². The van der Waals surface area contributed by atoms with E-state index >= 15 is 0 Å². The fourth-order valence-electron chi connectivity index (χ4n) is 2.85. The van der Waals surface area contributed by atoms with E-state index in [2.05, 4.69) is 24.1 Å². The molecule has 2 aromatic rings. The third-order valence-corrected chi connectivity index (χ3v) is 4.09. The molecule has 6 nitrogen and oxygen atoms in total. The third-order valence-electron chi connectivity index (χ3n) is 4.09. The van der Waals surface area contributed by atoms with Gasteiger partial charge in [0.05, 0.1) is 6.54 Å². The predicted molar refractivity (Wildman–Crippen MR) is 91.7 cm³/mol. The molecule has 132 valence electrons. The number of aromatic nitrogens is 2. The van der Waals surface area contributed by atoms with E-state index in [1.54, 1.807) is 13.1 Å². The van der Waals surface area contributed by atoms with Gasteiger partial charge >= 0.3 is 0 Å². The maximum absolute atomic E-state index is 12.1. The van der Waals surface area contributed by atoms with Gasteiger partial charge in [-0.1, -0.05) is 13.8 Å². The highest BCUT2D eigenvalue weighted by molar-refractivity contribution is 5.75. The minimum Gasteiger partial charge on any atom is -0.466 e. The lowest BCUT2D eigenvalue weighted by Crippen LogP contribution is -2.39. The molecule has 0 saturated heterocycles. The molecule has 1 atom stereocenters. The van der Waals surface area contributed by atoms with Crippen LogP contribution in [0.4, 0.5) is 0 Å². The highest BCUT2D eigenvalue weighted by Gasteiger charge is 2.28. The summed E-state index contributed by atoms with van der Waals surface area (Å²) in [6.07, 6.45) is 3.98. The Balaban J connectivity index is 1.89. The second-order valence-corrected chi connectivity index (χ2v) is 6.76. The van der Waals surface area contributed by atoms with Gasteiger partial charge < -0.3 is 19.4 Å². The normalized spacial score (nSPS) is 14.0. The zero-order valence-electron chi connectivity index (χ0n) is 15.1. The zero-order valence-corrected chi connectivity index (χ0v) is 15.1. The SMILES string of the molecule is Cc1cc([C@@](C)(O)CNC(=O)CCn2ccnc2C(C)C)c(C)o1. The summed E-state index contributed by atoms with van der Waals surface area (Å²) in [5.41, 5.74) is -0.452. The number of hydrogen-bond acceptors (Lipinski definition) is 4. The summed E-state index contributed by atoms with van der Waals surface area (Å²) >= 11 is 0. The molecule has 0 aliphatic carbocycles. The molecule has 2 rings (SSSR count). The Morgan fingerprint density at radius 2 is 2.17 bits per heavy atom. The number of nitrogens with zero attached hydrogens (tertiary/aromatic N) is 2. The average Bonchev–Trinajstić information content (AvgIpc) is 3.09. The lowest BCUT2D eigenvalue weighted by molar-refractivity contribution is -0.122. The van der Waals surface area contributed by atoms with E-state index in [0.29, 0.717) is 30.2 Å². The summed E-state index contributed by atoms with van der Waals surface area (Å²) < 4.78 is 7.45. The highest BCUT2D eigenvalue weighted by atomic mass is 16.3. The molecule has 0 bridgehead atoms. The van der Waals surface area contributed by atoms with Crippen LogP contribution in [0.3, 0.4) is 0 Å². The fraction of sp³-hybridized carbons (Fsp3) is 0.556. The van der Waals surface area contributed by atoms with E-state index in [1.807, 2.05) is 30.7 Å². The number of carbonyl (C=O) groups is 1. The van der Waals surface area contributed by atoms with Crippen LogP contribution in [0.2, 0.25) is 0 Å². The quantitative estimate of drug-likeness (QED) is 0.816. The van der Waals surface area contributed by atoms with Gasteiger partial charge in [0.1, 0.15) is 22.9 Å². The number of aliphatic hydroxyl groups is 1. The molecule has 0 unspecified atom stereocenters. The maximum atomic E-state index is 12.1. The van der Waals surface area contributed by atoms with Crippen molar-refractivity contribution in [3.63, 3.8) is 0 Å². The van der Waals surface area contributed by atoms with E-state index in [1.165, 1.54) is 0 Å². The first-order valence-corrected chi connectivity index (χ1v) is 8.28. The van der Waals surface area contributed by atoms with Crippen LogP contribution in [0.25, 0.3) is 0 Å². The number of furan rings is 1. The summed E-state index contributed by atoms with van der Waals surface area (Å²) in [6, 6.07) is 1.81. The van der Waals surface area contributed by atoms with Crippen LogP contribution in [0.5, 0.6) is 0 Å². The second-order valence-electron chi connectivity index (χ2n) is 6.76. The first kappa shape index (κ1) is 18.3. The molecule has 2 aromatic heterocycles. The van der Waals surface area contributed by atoms with E-state index in [-0.39, 0.29) is 12.5 Å². The van der Waals surface area contributed by atoms with Gasteiger partial charge in [-0.3, -0.25) is 4.79 Å². The highest BCUT2D eigenvalue weighted by Crippen LogP contribution is 2.26. The van der Waals surface area contributed by atoms with Gasteiger partial charge in [-0.25, -0.2) is 4.98 Å². The first-order chi connectivity index (χ1) is 11.2. The molecule has 2 heterocycles. The van der Waals surface area contributed by atoms with Crippen LogP contribution in [0.1, 0.15) is 56.0 Å². The van der Waals surface area contributed by atoms with Crippen molar-refractivity contribution < 1.29 is 14.3 Å². The third kappa shape index (κ3) is 4.26. The van der Waals surface area contributed by atoms with Crippen molar-refractivity contribution >= 4 is 5.91 Å². The molecule has 0 aliphatic rings. The van der Waals surface area contributed by atoms with Crippen LogP contribution >= 0.6 is 0 Å². The van der Waals surface area contributed by atoms with Crippen molar-refractivity contribution in [1.82, 2.24) is 14.9 Å². The molecule has 1 amide bonds. The smallest absolute Gasteiger partial charge is 0.221 e. The van der Waals surface area contributed by atoms with Crippen molar-refractivity contribution in [2.45, 2.75) is 59.1 Å². The Hall–Kier alpha value is -2.08. The fourth-order valence-corrected chi connectivity index (χ4v) is 2.85. The molecule has 6 heteroatoms. The average molecular weight is 333 g/mol. The molecule has 0 aliphatic heterocycles. The van der Waals surface area contributed by atoms with Crippen LogP contribution in [-0.2, 0) is 16.9 Å². The van der Waals surface area contributed by atoms with Crippen LogP contribution in [-0.4, -0.2) is 27.1 Å². The summed E-state index contributed by atoms with van der Waals surface area (Å²) in [6.45, 7) is 10.2. The lowest BCUT2D eigenvalue weighted by atomic mass is 9.96. The number of hydrogen-bond donors (Lipinski definition) is 2. The Labute approximate surface area is 142 Å². The first-order valence-electron chi connectivity index (χ1n) is 8.28. The molecule has 0 spiro atoms. The largest absolute Gasteiger partial charge is 0.466 e. The van der Waals surface area contributed by atoms with Gasteiger partial charge in [0.15, 0.2) is 0 Å². The van der Waals surface area contributed by atoms with Gasteiger partial charge in [0.2, 0.25) is 5.91 Å². The lowest BCUT2D eigenvalue weighted by Gasteiger charge is -2.23. The van der Waals surface area contributed by atoms with Crippen LogP contribution < -0.4 is 5.32 Å². The molecule has 2 N–H and O–H groups in total. The van der Waals surface area contributed by atoms with Crippen molar-refractivity contribution in [1.29, 1.82) is 0 Å². The monoisotopic (exact) mass is 333 g/mol. The Morgan fingerprint density at radius 1 is 1.46 bits per heavy atom. The van der Waals surface area contributed by atoms with E-state index in [0.717, 1.165) is 11.6 Å². The standard InChI is InChI=1S/C18H27N3O3/c1-12(2)17-19-7-9-21(17)8-6-16(22)20-11-18(5,23)15-10-13(3)24-14(15)4/h7,9-10,12,23H,6,8,11H2,1-5H3,(H,20,22)/t18-/m0/s1. The zero-order chi connectivity index (χ0) is 17.9.